The van der Waals surface area contributed by atoms with Crippen LogP contribution in [0.2, 0.25) is 0 Å². The summed E-state index contributed by atoms with van der Waals surface area (Å²) >= 11 is 0. The number of sulfone groups is 1. The third-order valence-corrected chi connectivity index (χ3v) is 11.7. The Hall–Kier alpha value is -1.36. The molecule has 8 rings (SSSR count). The van der Waals surface area contributed by atoms with Crippen molar-refractivity contribution in [3.63, 3.8) is 0 Å². The molecule has 130 valence electrons. The number of carbonyl (C=O) groups excluding carboxylic acids is 1. The van der Waals surface area contributed by atoms with E-state index in [9.17, 15) is 13.2 Å². The van der Waals surface area contributed by atoms with E-state index in [1.165, 1.54) is 13.5 Å². The third kappa shape index (κ3) is 1.01. The van der Waals surface area contributed by atoms with Crippen LogP contribution >= 0.6 is 0 Å². The van der Waals surface area contributed by atoms with E-state index in [1.54, 1.807) is 24.3 Å². The number of methoxy groups -OCH3 is 1. The van der Waals surface area contributed by atoms with Crippen molar-refractivity contribution in [3.8, 4) is 0 Å². The van der Waals surface area contributed by atoms with Gasteiger partial charge >= 0.3 is 5.97 Å². The molecule has 1 aromatic carbocycles. The number of ether oxygens (including phenoxy) is 1. The highest BCUT2D eigenvalue weighted by Gasteiger charge is 3.10. The van der Waals surface area contributed by atoms with E-state index in [0.29, 0.717) is 15.7 Å². The molecule has 2 spiro atoms. The quantitative estimate of drug-likeness (QED) is 0.779. The molecule has 0 heterocycles. The second-order valence-electron chi connectivity index (χ2n) is 9.19. The minimum atomic E-state index is -3.52. The summed E-state index contributed by atoms with van der Waals surface area (Å²) in [4.78, 5) is 13.0. The predicted molar refractivity (Wildman–Crippen MR) is 88.0 cm³/mol. The molecule has 0 N–H and O–H groups in total. The average molecular weight is 356 g/mol. The molecule has 25 heavy (non-hydrogen) atoms. The van der Waals surface area contributed by atoms with Crippen LogP contribution in [-0.4, -0.2) is 26.7 Å². The maximum absolute atomic E-state index is 13.5. The molecule has 7 saturated carbocycles. The number of carbonyl (C=O) groups is 1. The van der Waals surface area contributed by atoms with Crippen molar-refractivity contribution >= 4 is 15.8 Å². The molecule has 7 fully saturated rings. The fourth-order valence-corrected chi connectivity index (χ4v) is 11.8. The van der Waals surface area contributed by atoms with E-state index in [2.05, 4.69) is 0 Å². The summed E-state index contributed by atoms with van der Waals surface area (Å²) in [6.45, 7) is 0. The summed E-state index contributed by atoms with van der Waals surface area (Å²) in [6.07, 6.45) is 2.23. The van der Waals surface area contributed by atoms with Crippen molar-refractivity contribution in [2.45, 2.75) is 23.0 Å². The van der Waals surface area contributed by atoms with Gasteiger partial charge in [-0.3, -0.25) is 4.79 Å². The predicted octanol–water partition coefficient (Wildman–Crippen LogP) is 2.15. The first-order valence-corrected chi connectivity index (χ1v) is 11.0. The molecule has 10 atom stereocenters. The highest BCUT2D eigenvalue weighted by molar-refractivity contribution is 7.92. The molecule has 0 aromatic heterocycles. The van der Waals surface area contributed by atoms with Crippen LogP contribution in [-0.2, 0) is 19.4 Å². The van der Waals surface area contributed by atoms with Crippen LogP contribution in [0.15, 0.2) is 35.2 Å². The Kier molecular flexibility index (Phi) is 1.96. The van der Waals surface area contributed by atoms with Gasteiger partial charge in [0.05, 0.1) is 23.2 Å². The van der Waals surface area contributed by atoms with Gasteiger partial charge < -0.3 is 4.74 Å². The normalized spacial score (nSPS) is 57.5. The van der Waals surface area contributed by atoms with Crippen LogP contribution in [0, 0.1) is 52.3 Å². The van der Waals surface area contributed by atoms with Gasteiger partial charge in [-0.25, -0.2) is 8.42 Å². The molecule has 0 radical (unpaired) electrons. The molecule has 4 bridgehead atoms. The number of benzene rings is 1. The highest BCUT2D eigenvalue weighted by Crippen LogP contribution is 3.12. The molecule has 1 aromatic rings. The topological polar surface area (TPSA) is 60.4 Å². The van der Waals surface area contributed by atoms with Gasteiger partial charge in [0.15, 0.2) is 9.84 Å². The average Bonchev–Trinajstić information content (AvgIpc) is 3.07. The van der Waals surface area contributed by atoms with Gasteiger partial charge in [-0.15, -0.1) is 0 Å². The van der Waals surface area contributed by atoms with Gasteiger partial charge in [-0.05, 0) is 71.3 Å². The second kappa shape index (κ2) is 3.55. The van der Waals surface area contributed by atoms with Crippen molar-refractivity contribution in [2.24, 2.45) is 52.3 Å². The molecule has 0 saturated heterocycles. The molecule has 7 aliphatic rings. The lowest BCUT2D eigenvalue weighted by molar-refractivity contribution is -0.150. The van der Waals surface area contributed by atoms with Crippen molar-refractivity contribution in [3.05, 3.63) is 30.3 Å². The minimum Gasteiger partial charge on any atom is -0.469 e. The SMILES string of the molecule is COC(=O)[C@H]1[C@@H](S(=O)(=O)c2ccccc2)[C@@H]2C[C@H]1[C@]13[C@H]4[C@H]5[C@H](C[C@@H]41)[C@]523. The zero-order valence-corrected chi connectivity index (χ0v) is 14.8. The Bertz CT molecular complexity index is 943. The van der Waals surface area contributed by atoms with Crippen LogP contribution in [0.1, 0.15) is 12.8 Å². The maximum Gasteiger partial charge on any atom is 0.310 e. The fourth-order valence-electron chi connectivity index (χ4n) is 9.49. The Balaban J connectivity index is 1.41. The molecule has 4 nitrogen and oxygen atoms in total. The van der Waals surface area contributed by atoms with Gasteiger partial charge in [-0.2, -0.15) is 0 Å². The number of hydrogen-bond acceptors (Lipinski definition) is 4. The molecule has 7 aliphatic carbocycles. The Morgan fingerprint density at radius 3 is 2.20 bits per heavy atom. The smallest absolute Gasteiger partial charge is 0.310 e. The number of rotatable bonds is 3. The van der Waals surface area contributed by atoms with E-state index in [0.717, 1.165) is 30.1 Å². The summed E-state index contributed by atoms with van der Waals surface area (Å²) in [6, 6.07) is 8.72. The molecule has 0 amide bonds. The van der Waals surface area contributed by atoms with Crippen LogP contribution < -0.4 is 0 Å². The standard InChI is InChI=1S/C20H20O4S/c1-24-18(21)14-10-7-13(17(14)25(22,23)9-5-3-2-4-6-9)20-12-8-11-15(16(12)20)19(10,11)20/h2-6,10-17H,7-8H2,1H3/t10-,11+,12+,13+,14-,15-,16-,17+,19-,20-/m1/s1. The van der Waals surface area contributed by atoms with Gasteiger partial charge in [0.1, 0.15) is 0 Å². The largest absolute Gasteiger partial charge is 0.469 e. The molecular weight excluding hydrogens is 336 g/mol. The molecular formula is C20H20O4S. The van der Waals surface area contributed by atoms with Gasteiger partial charge in [0, 0.05) is 0 Å². The van der Waals surface area contributed by atoms with Crippen molar-refractivity contribution in [1.82, 2.24) is 0 Å². The lowest BCUT2D eigenvalue weighted by atomic mass is 9.60. The number of fused-ring (bicyclic) bond motifs is 2. The van der Waals surface area contributed by atoms with Crippen LogP contribution in [0.3, 0.4) is 0 Å². The van der Waals surface area contributed by atoms with E-state index in [-0.39, 0.29) is 17.8 Å². The summed E-state index contributed by atoms with van der Waals surface area (Å²) in [5.41, 5.74) is 0.638. The van der Waals surface area contributed by atoms with E-state index >= 15 is 0 Å². The highest BCUT2D eigenvalue weighted by atomic mass is 32.2. The third-order valence-electron chi connectivity index (χ3n) is 9.45. The Morgan fingerprint density at radius 1 is 1.00 bits per heavy atom. The van der Waals surface area contributed by atoms with E-state index in [1.807, 2.05) is 6.07 Å². The van der Waals surface area contributed by atoms with Crippen molar-refractivity contribution < 1.29 is 17.9 Å². The van der Waals surface area contributed by atoms with Crippen LogP contribution in [0.4, 0.5) is 0 Å². The number of esters is 1. The summed E-state index contributed by atoms with van der Waals surface area (Å²) in [5.74, 6) is 2.83. The molecule has 0 unspecified atom stereocenters. The summed E-state index contributed by atoms with van der Waals surface area (Å²) in [5, 5.41) is -0.578. The maximum atomic E-state index is 13.5. The number of hydrogen-bond donors (Lipinski definition) is 0. The zero-order valence-electron chi connectivity index (χ0n) is 14.0. The first kappa shape index (κ1) is 13.8. The van der Waals surface area contributed by atoms with Crippen molar-refractivity contribution in [1.29, 1.82) is 0 Å². The van der Waals surface area contributed by atoms with E-state index in [4.69, 9.17) is 4.74 Å². The van der Waals surface area contributed by atoms with Crippen molar-refractivity contribution in [2.75, 3.05) is 7.11 Å². The lowest BCUT2D eigenvalue weighted by Gasteiger charge is -2.46. The van der Waals surface area contributed by atoms with Crippen LogP contribution in [0.5, 0.6) is 0 Å². The minimum absolute atomic E-state index is 0.172. The van der Waals surface area contributed by atoms with Gasteiger partial charge in [0.25, 0.3) is 0 Å². The second-order valence-corrected chi connectivity index (χ2v) is 11.3. The Labute approximate surface area is 146 Å². The van der Waals surface area contributed by atoms with Gasteiger partial charge in [0.2, 0.25) is 0 Å². The lowest BCUT2D eigenvalue weighted by Crippen LogP contribution is -2.52. The van der Waals surface area contributed by atoms with Crippen LogP contribution in [0.25, 0.3) is 0 Å². The summed E-state index contributed by atoms with van der Waals surface area (Å²) in [7, 11) is -2.12. The molecule has 0 aliphatic heterocycles. The Morgan fingerprint density at radius 2 is 1.60 bits per heavy atom. The van der Waals surface area contributed by atoms with Gasteiger partial charge in [-0.1, -0.05) is 18.2 Å². The first-order chi connectivity index (χ1) is 12.0. The summed E-state index contributed by atoms with van der Waals surface area (Å²) < 4.78 is 32.2. The monoisotopic (exact) mass is 356 g/mol. The first-order valence-electron chi connectivity index (χ1n) is 9.40. The molecule has 5 heteroatoms. The zero-order chi connectivity index (χ0) is 16.9. The fraction of sp³-hybridized carbons (Fsp3) is 0.650. The van der Waals surface area contributed by atoms with E-state index < -0.39 is 21.0 Å².